The summed E-state index contributed by atoms with van der Waals surface area (Å²) < 4.78 is 9.99. The van der Waals surface area contributed by atoms with Gasteiger partial charge in [-0.3, -0.25) is 0 Å². The van der Waals surface area contributed by atoms with Gasteiger partial charge in [-0.1, -0.05) is 12.2 Å². The zero-order valence-electron chi connectivity index (χ0n) is 12.8. The number of allylic oxidation sites excluding steroid dienone is 1. The van der Waals surface area contributed by atoms with E-state index in [1.54, 1.807) is 20.8 Å². The molecule has 0 spiro atoms. The molecule has 0 aromatic rings. The van der Waals surface area contributed by atoms with Crippen LogP contribution in [0.1, 0.15) is 46.5 Å². The summed E-state index contributed by atoms with van der Waals surface area (Å²) in [5.74, 6) is -0.410. The molecule has 1 saturated carbocycles. The summed E-state index contributed by atoms with van der Waals surface area (Å²) in [4.78, 5) is 23.7. The molecule has 2 atom stereocenters. The Bertz CT molecular complexity index is 384. The van der Waals surface area contributed by atoms with Gasteiger partial charge < -0.3 is 14.8 Å². The second-order valence-corrected chi connectivity index (χ2v) is 6.25. The highest BCUT2D eigenvalue weighted by Gasteiger charge is 2.33. The predicted octanol–water partition coefficient (Wildman–Crippen LogP) is 2.80. The normalized spacial score (nSPS) is 21.0. The van der Waals surface area contributed by atoms with Crippen molar-refractivity contribution >= 4 is 12.1 Å². The van der Waals surface area contributed by atoms with Gasteiger partial charge in [-0.05, 0) is 52.4 Å². The van der Waals surface area contributed by atoms with Gasteiger partial charge in [-0.2, -0.15) is 0 Å². The highest BCUT2D eigenvalue weighted by molar-refractivity contribution is 5.81. The zero-order valence-corrected chi connectivity index (χ0v) is 12.8. The minimum absolute atomic E-state index is 0.0243. The maximum atomic E-state index is 11.9. The number of amides is 1. The molecular formula is C15H25NO4. The van der Waals surface area contributed by atoms with Crippen molar-refractivity contribution in [3.8, 4) is 0 Å². The molecule has 5 heteroatoms. The van der Waals surface area contributed by atoms with Crippen LogP contribution in [0.2, 0.25) is 0 Å². The SMILES string of the molecule is C=C1CCC[C@H](C(NC(=O)OC(C)(C)C)C(=O)OC)C1. The number of rotatable bonds is 3. The van der Waals surface area contributed by atoms with Crippen LogP contribution in [0.3, 0.4) is 0 Å². The minimum atomic E-state index is -0.674. The molecule has 0 bridgehead atoms. The van der Waals surface area contributed by atoms with Crippen LogP contribution < -0.4 is 5.32 Å². The number of nitrogens with one attached hydrogen (secondary N) is 1. The van der Waals surface area contributed by atoms with Crippen molar-refractivity contribution < 1.29 is 19.1 Å². The van der Waals surface area contributed by atoms with E-state index in [2.05, 4.69) is 11.9 Å². The monoisotopic (exact) mass is 283 g/mol. The number of methoxy groups -OCH3 is 1. The molecule has 114 valence electrons. The van der Waals surface area contributed by atoms with Crippen LogP contribution in [0.4, 0.5) is 4.79 Å². The van der Waals surface area contributed by atoms with Crippen LogP contribution in [0.5, 0.6) is 0 Å². The van der Waals surface area contributed by atoms with Gasteiger partial charge in [-0.15, -0.1) is 0 Å². The topological polar surface area (TPSA) is 64.6 Å². The standard InChI is InChI=1S/C15H25NO4/c1-10-7-6-8-11(9-10)12(13(17)19-5)16-14(18)20-15(2,3)4/h11-12H,1,6-9H2,2-5H3,(H,16,18)/t11-,12?/m0/s1. The van der Waals surface area contributed by atoms with E-state index >= 15 is 0 Å². The molecular weight excluding hydrogens is 258 g/mol. The quantitative estimate of drug-likeness (QED) is 0.639. The fourth-order valence-corrected chi connectivity index (χ4v) is 2.40. The lowest BCUT2D eigenvalue weighted by atomic mass is 9.81. The van der Waals surface area contributed by atoms with E-state index in [0.29, 0.717) is 0 Å². The van der Waals surface area contributed by atoms with Crippen molar-refractivity contribution in [3.63, 3.8) is 0 Å². The molecule has 20 heavy (non-hydrogen) atoms. The molecule has 1 fully saturated rings. The molecule has 1 rings (SSSR count). The average Bonchev–Trinajstić information content (AvgIpc) is 2.33. The maximum Gasteiger partial charge on any atom is 0.408 e. The number of ether oxygens (including phenoxy) is 2. The molecule has 0 aromatic carbocycles. The lowest BCUT2D eigenvalue weighted by Crippen LogP contribution is -2.48. The summed E-state index contributed by atoms with van der Waals surface area (Å²) in [6.45, 7) is 9.31. The molecule has 1 N–H and O–H groups in total. The molecule has 0 aromatic heterocycles. The molecule has 0 radical (unpaired) electrons. The molecule has 5 nitrogen and oxygen atoms in total. The van der Waals surface area contributed by atoms with Crippen LogP contribution in [0.25, 0.3) is 0 Å². The minimum Gasteiger partial charge on any atom is -0.467 e. The van der Waals surface area contributed by atoms with Crippen LogP contribution in [0, 0.1) is 5.92 Å². The smallest absolute Gasteiger partial charge is 0.408 e. The Morgan fingerprint density at radius 1 is 1.40 bits per heavy atom. The van der Waals surface area contributed by atoms with Crippen LogP contribution >= 0.6 is 0 Å². The fourth-order valence-electron chi connectivity index (χ4n) is 2.40. The molecule has 0 heterocycles. The molecule has 1 amide bonds. The summed E-state index contributed by atoms with van der Waals surface area (Å²) in [6, 6.07) is -0.674. The Hall–Kier alpha value is -1.52. The summed E-state index contributed by atoms with van der Waals surface area (Å²) in [5.41, 5.74) is 0.516. The number of hydrogen-bond acceptors (Lipinski definition) is 4. The molecule has 1 unspecified atom stereocenters. The molecule has 0 aliphatic heterocycles. The first kappa shape index (κ1) is 16.5. The van der Waals surface area contributed by atoms with Gasteiger partial charge in [0, 0.05) is 0 Å². The largest absolute Gasteiger partial charge is 0.467 e. The lowest BCUT2D eigenvalue weighted by molar-refractivity contribution is -0.144. The average molecular weight is 283 g/mol. The Kier molecular flexibility index (Phi) is 5.60. The van der Waals surface area contributed by atoms with Crippen molar-refractivity contribution in [1.29, 1.82) is 0 Å². The van der Waals surface area contributed by atoms with Crippen molar-refractivity contribution in [3.05, 3.63) is 12.2 Å². The van der Waals surface area contributed by atoms with Crippen LogP contribution in [-0.4, -0.2) is 30.8 Å². The number of carbonyl (C=O) groups excluding carboxylic acids is 2. The highest BCUT2D eigenvalue weighted by atomic mass is 16.6. The van der Waals surface area contributed by atoms with E-state index in [9.17, 15) is 9.59 Å². The number of hydrogen-bond donors (Lipinski definition) is 1. The summed E-state index contributed by atoms with van der Waals surface area (Å²) in [5, 5.41) is 2.64. The van der Waals surface area contributed by atoms with Gasteiger partial charge in [0.1, 0.15) is 11.6 Å². The summed E-state index contributed by atoms with van der Waals surface area (Å²) >= 11 is 0. The van der Waals surface area contributed by atoms with Gasteiger partial charge in [0.05, 0.1) is 7.11 Å². The van der Waals surface area contributed by atoms with Crippen LogP contribution in [-0.2, 0) is 14.3 Å². The summed E-state index contributed by atoms with van der Waals surface area (Å²) in [7, 11) is 1.32. The Morgan fingerprint density at radius 3 is 2.55 bits per heavy atom. The third kappa shape index (κ3) is 5.23. The van der Waals surface area contributed by atoms with Crippen molar-refractivity contribution in [1.82, 2.24) is 5.32 Å². The Labute approximate surface area is 120 Å². The van der Waals surface area contributed by atoms with Gasteiger partial charge in [-0.25, -0.2) is 9.59 Å². The third-order valence-electron chi connectivity index (χ3n) is 3.25. The van der Waals surface area contributed by atoms with E-state index < -0.39 is 23.7 Å². The number of alkyl carbamates (subject to hydrolysis) is 1. The van der Waals surface area contributed by atoms with E-state index in [4.69, 9.17) is 9.47 Å². The van der Waals surface area contributed by atoms with Crippen molar-refractivity contribution in [2.24, 2.45) is 5.92 Å². The van der Waals surface area contributed by atoms with E-state index in [1.165, 1.54) is 7.11 Å². The first-order valence-electron chi connectivity index (χ1n) is 6.97. The molecule has 1 aliphatic rings. The number of esters is 1. The van der Waals surface area contributed by atoms with Crippen LogP contribution in [0.15, 0.2) is 12.2 Å². The van der Waals surface area contributed by atoms with Gasteiger partial charge in [0.25, 0.3) is 0 Å². The van der Waals surface area contributed by atoms with Crippen molar-refractivity contribution in [2.75, 3.05) is 7.11 Å². The van der Waals surface area contributed by atoms with Crippen molar-refractivity contribution in [2.45, 2.75) is 58.1 Å². The van der Waals surface area contributed by atoms with Gasteiger partial charge in [0.15, 0.2) is 0 Å². The number of carbonyl (C=O) groups is 2. The van der Waals surface area contributed by atoms with Gasteiger partial charge in [0.2, 0.25) is 0 Å². The van der Waals surface area contributed by atoms with Gasteiger partial charge >= 0.3 is 12.1 Å². The second kappa shape index (κ2) is 6.77. The molecule has 1 aliphatic carbocycles. The first-order valence-corrected chi connectivity index (χ1v) is 6.97. The first-order chi connectivity index (χ1) is 9.23. The third-order valence-corrected chi connectivity index (χ3v) is 3.25. The maximum absolute atomic E-state index is 11.9. The summed E-state index contributed by atoms with van der Waals surface area (Å²) in [6.07, 6.45) is 2.97. The fraction of sp³-hybridized carbons (Fsp3) is 0.733. The predicted molar refractivity (Wildman–Crippen MR) is 76.3 cm³/mol. The van der Waals surface area contributed by atoms with E-state index in [-0.39, 0.29) is 5.92 Å². The van der Waals surface area contributed by atoms with E-state index in [0.717, 1.165) is 31.3 Å². The highest BCUT2D eigenvalue weighted by Crippen LogP contribution is 2.30. The molecule has 0 saturated heterocycles. The Morgan fingerprint density at radius 2 is 2.05 bits per heavy atom. The lowest BCUT2D eigenvalue weighted by Gasteiger charge is -2.30. The van der Waals surface area contributed by atoms with E-state index in [1.807, 2.05) is 0 Å². The Balaban J connectivity index is 2.72. The second-order valence-electron chi connectivity index (χ2n) is 6.25. The zero-order chi connectivity index (χ0) is 15.3.